The van der Waals surface area contributed by atoms with Crippen LogP contribution in [0.4, 0.5) is 0 Å². The van der Waals surface area contributed by atoms with Crippen molar-refractivity contribution in [2.75, 3.05) is 13.1 Å². The molecule has 20 heavy (non-hydrogen) atoms. The van der Waals surface area contributed by atoms with Crippen LogP contribution in [0, 0.1) is 0 Å². The fourth-order valence-corrected chi connectivity index (χ4v) is 3.43. The minimum Gasteiger partial charge on any atom is -0.314 e. The van der Waals surface area contributed by atoms with Crippen molar-refractivity contribution in [1.82, 2.24) is 10.0 Å². The van der Waals surface area contributed by atoms with E-state index in [4.69, 9.17) is 0 Å². The van der Waals surface area contributed by atoms with Gasteiger partial charge in [0.05, 0.1) is 4.90 Å². The Morgan fingerprint density at radius 1 is 1.05 bits per heavy atom. The van der Waals surface area contributed by atoms with Crippen molar-refractivity contribution in [1.29, 1.82) is 0 Å². The Bertz CT molecular complexity index is 497. The van der Waals surface area contributed by atoms with Crippen molar-refractivity contribution in [3.8, 4) is 0 Å². The quantitative estimate of drug-likeness (QED) is 0.775. The van der Waals surface area contributed by atoms with E-state index < -0.39 is 10.0 Å². The van der Waals surface area contributed by atoms with E-state index in [-0.39, 0.29) is 0 Å². The molecule has 0 heterocycles. The molecule has 0 aliphatic rings. The number of nitrogens with one attached hydrogen (secondary N) is 2. The summed E-state index contributed by atoms with van der Waals surface area (Å²) in [5.41, 5.74) is 1.16. The molecule has 4 nitrogen and oxygen atoms in total. The number of benzene rings is 1. The molecular formula is C15H26N2O2S. The summed E-state index contributed by atoms with van der Waals surface area (Å²) in [6.45, 7) is 9.55. The molecule has 0 radical (unpaired) electrons. The summed E-state index contributed by atoms with van der Waals surface area (Å²) in [7, 11) is -3.35. The Morgan fingerprint density at radius 3 is 2.10 bits per heavy atom. The van der Waals surface area contributed by atoms with Crippen LogP contribution in [0.15, 0.2) is 29.2 Å². The van der Waals surface area contributed by atoms with Crippen LogP contribution < -0.4 is 10.0 Å². The molecule has 1 aromatic rings. The zero-order chi connectivity index (χ0) is 15.2. The summed E-state index contributed by atoms with van der Waals surface area (Å²) in [5.74, 6) is 0.357. The smallest absolute Gasteiger partial charge is 0.240 e. The maximum Gasteiger partial charge on any atom is 0.240 e. The molecule has 2 atom stereocenters. The van der Waals surface area contributed by atoms with Gasteiger partial charge in [0.15, 0.2) is 0 Å². The maximum absolute atomic E-state index is 11.9. The van der Waals surface area contributed by atoms with Gasteiger partial charge in [0.2, 0.25) is 10.0 Å². The van der Waals surface area contributed by atoms with Crippen molar-refractivity contribution in [3.05, 3.63) is 29.8 Å². The molecule has 0 aliphatic heterocycles. The third-order valence-electron chi connectivity index (χ3n) is 3.56. The van der Waals surface area contributed by atoms with Gasteiger partial charge in [-0.3, -0.25) is 0 Å². The van der Waals surface area contributed by atoms with E-state index in [1.807, 2.05) is 12.1 Å². The second-order valence-electron chi connectivity index (χ2n) is 4.93. The molecule has 114 valence electrons. The topological polar surface area (TPSA) is 58.2 Å². The molecule has 5 heteroatoms. The monoisotopic (exact) mass is 298 g/mol. The van der Waals surface area contributed by atoms with Crippen LogP contribution in [-0.4, -0.2) is 27.5 Å². The standard InChI is InChI=1S/C15H26N2O2S/c1-5-15(16-6-2)12(4)13-8-10-14(11-9-13)20(18,19)17-7-3/h8-12,15-17H,5-7H2,1-4H3. The first kappa shape index (κ1) is 17.1. The molecule has 0 bridgehead atoms. The fourth-order valence-electron chi connectivity index (χ4n) is 2.39. The molecule has 1 aromatic carbocycles. The Kier molecular flexibility index (Phi) is 6.65. The Labute approximate surface area is 123 Å². The van der Waals surface area contributed by atoms with Crippen LogP contribution in [-0.2, 0) is 10.0 Å². The minimum absolute atomic E-state index is 0.326. The average Bonchev–Trinajstić information content (AvgIpc) is 2.44. The Balaban J connectivity index is 2.91. The predicted molar refractivity (Wildman–Crippen MR) is 83.5 cm³/mol. The molecule has 0 saturated heterocycles. The second kappa shape index (κ2) is 7.76. The van der Waals surface area contributed by atoms with Crippen LogP contribution in [0.25, 0.3) is 0 Å². The lowest BCUT2D eigenvalue weighted by Crippen LogP contribution is -2.33. The van der Waals surface area contributed by atoms with E-state index in [1.165, 1.54) is 0 Å². The van der Waals surface area contributed by atoms with Crippen molar-refractivity contribution < 1.29 is 8.42 Å². The number of likely N-dealkylation sites (N-methyl/N-ethyl adjacent to an activating group) is 1. The van der Waals surface area contributed by atoms with Gasteiger partial charge >= 0.3 is 0 Å². The van der Waals surface area contributed by atoms with Gasteiger partial charge in [-0.05, 0) is 36.6 Å². The van der Waals surface area contributed by atoms with Crippen LogP contribution in [0.3, 0.4) is 0 Å². The molecule has 0 amide bonds. The fraction of sp³-hybridized carbons (Fsp3) is 0.600. The molecule has 0 aliphatic carbocycles. The molecule has 1 rings (SSSR count). The molecule has 0 saturated carbocycles. The SMILES string of the molecule is CCNC(CC)C(C)c1ccc(S(=O)(=O)NCC)cc1. The maximum atomic E-state index is 11.9. The molecule has 2 N–H and O–H groups in total. The van der Waals surface area contributed by atoms with Gasteiger partial charge < -0.3 is 5.32 Å². The van der Waals surface area contributed by atoms with E-state index in [0.29, 0.717) is 23.4 Å². The normalized spacial score (nSPS) is 15.0. The van der Waals surface area contributed by atoms with E-state index in [0.717, 1.165) is 18.5 Å². The van der Waals surface area contributed by atoms with Crippen molar-refractivity contribution in [2.24, 2.45) is 0 Å². The third kappa shape index (κ3) is 4.30. The summed E-state index contributed by atoms with van der Waals surface area (Å²) in [6.07, 6.45) is 1.05. The second-order valence-corrected chi connectivity index (χ2v) is 6.70. The van der Waals surface area contributed by atoms with Crippen molar-refractivity contribution in [3.63, 3.8) is 0 Å². The van der Waals surface area contributed by atoms with Gasteiger partial charge in [-0.1, -0.05) is 39.8 Å². The molecular weight excluding hydrogens is 272 g/mol. The number of rotatable bonds is 8. The summed E-state index contributed by atoms with van der Waals surface area (Å²) in [6, 6.07) is 7.60. The van der Waals surface area contributed by atoms with Gasteiger partial charge in [0, 0.05) is 12.6 Å². The van der Waals surface area contributed by atoms with Crippen LogP contribution in [0.5, 0.6) is 0 Å². The van der Waals surface area contributed by atoms with Crippen LogP contribution >= 0.6 is 0 Å². The third-order valence-corrected chi connectivity index (χ3v) is 5.12. The number of hydrogen-bond acceptors (Lipinski definition) is 3. The summed E-state index contributed by atoms with van der Waals surface area (Å²) < 4.78 is 26.3. The summed E-state index contributed by atoms with van der Waals surface area (Å²) in [4.78, 5) is 0.326. The highest BCUT2D eigenvalue weighted by atomic mass is 32.2. The highest BCUT2D eigenvalue weighted by Gasteiger charge is 2.18. The van der Waals surface area contributed by atoms with E-state index in [2.05, 4.69) is 30.8 Å². The number of sulfonamides is 1. The lowest BCUT2D eigenvalue weighted by atomic mass is 9.92. The molecule has 0 fully saturated rings. The number of hydrogen-bond donors (Lipinski definition) is 2. The minimum atomic E-state index is -3.35. The van der Waals surface area contributed by atoms with Gasteiger partial charge in [0.1, 0.15) is 0 Å². The van der Waals surface area contributed by atoms with Crippen molar-refractivity contribution in [2.45, 2.75) is 51.0 Å². The Morgan fingerprint density at radius 2 is 1.65 bits per heavy atom. The Hall–Kier alpha value is -0.910. The zero-order valence-corrected chi connectivity index (χ0v) is 13.6. The lowest BCUT2D eigenvalue weighted by molar-refractivity contribution is 0.448. The van der Waals surface area contributed by atoms with Gasteiger partial charge in [-0.15, -0.1) is 0 Å². The van der Waals surface area contributed by atoms with Gasteiger partial charge in [-0.2, -0.15) is 0 Å². The van der Waals surface area contributed by atoms with Crippen molar-refractivity contribution >= 4 is 10.0 Å². The average molecular weight is 298 g/mol. The van der Waals surface area contributed by atoms with Gasteiger partial charge in [0.25, 0.3) is 0 Å². The lowest BCUT2D eigenvalue weighted by Gasteiger charge is -2.24. The molecule has 2 unspecified atom stereocenters. The molecule has 0 aromatic heterocycles. The summed E-state index contributed by atoms with van der Waals surface area (Å²) in [5, 5.41) is 3.47. The zero-order valence-electron chi connectivity index (χ0n) is 12.8. The van der Waals surface area contributed by atoms with Crippen LogP contribution in [0.1, 0.15) is 45.6 Å². The highest BCUT2D eigenvalue weighted by Crippen LogP contribution is 2.22. The van der Waals surface area contributed by atoms with E-state index >= 15 is 0 Å². The highest BCUT2D eigenvalue weighted by molar-refractivity contribution is 7.89. The largest absolute Gasteiger partial charge is 0.314 e. The van der Waals surface area contributed by atoms with E-state index in [1.54, 1.807) is 19.1 Å². The van der Waals surface area contributed by atoms with Gasteiger partial charge in [-0.25, -0.2) is 13.1 Å². The van der Waals surface area contributed by atoms with Crippen LogP contribution in [0.2, 0.25) is 0 Å². The first-order valence-corrected chi connectivity index (χ1v) is 8.77. The molecule has 0 spiro atoms. The summed E-state index contributed by atoms with van der Waals surface area (Å²) >= 11 is 0. The predicted octanol–water partition coefficient (Wildman–Crippen LogP) is 2.48. The first-order valence-electron chi connectivity index (χ1n) is 7.29. The first-order chi connectivity index (χ1) is 9.46. The van der Waals surface area contributed by atoms with E-state index in [9.17, 15) is 8.42 Å².